The molecule has 2 atom stereocenters. The van der Waals surface area contributed by atoms with Gasteiger partial charge < -0.3 is 19.5 Å². The normalized spacial score (nSPS) is 22.9. The Morgan fingerprint density at radius 3 is 2.08 bits per heavy atom. The van der Waals surface area contributed by atoms with Crippen molar-refractivity contribution >= 4 is 12.6 Å². The highest BCUT2D eigenvalue weighted by Crippen LogP contribution is 2.38. The third kappa shape index (κ3) is 3.72. The Kier molecular flexibility index (Phi) is 5.32. The zero-order chi connectivity index (χ0) is 19.2. The lowest BCUT2D eigenvalue weighted by Crippen LogP contribution is -2.41. The van der Waals surface area contributed by atoms with Crippen LogP contribution in [-0.2, 0) is 14.9 Å². The third-order valence-electron chi connectivity index (χ3n) is 5.13. The van der Waals surface area contributed by atoms with Crippen molar-refractivity contribution in [1.82, 2.24) is 0 Å². The van der Waals surface area contributed by atoms with Crippen LogP contribution in [0.15, 0.2) is 18.2 Å². The summed E-state index contributed by atoms with van der Waals surface area (Å²) in [6.07, 6.45) is -6.97. The number of aliphatic hydroxyl groups is 2. The fourth-order valence-electron chi connectivity index (χ4n) is 2.72. The molecule has 140 valence electrons. The van der Waals surface area contributed by atoms with E-state index in [-0.39, 0.29) is 5.56 Å². The van der Waals surface area contributed by atoms with Crippen molar-refractivity contribution < 1.29 is 32.7 Å². The lowest BCUT2D eigenvalue weighted by Gasteiger charge is -2.32. The zero-order valence-corrected chi connectivity index (χ0v) is 15.0. The van der Waals surface area contributed by atoms with Crippen LogP contribution in [-0.4, -0.2) is 41.3 Å². The largest absolute Gasteiger partial charge is 0.495 e. The minimum atomic E-state index is -3.27. The molecule has 0 saturated carbocycles. The molecular formula is C17H24BF3O4. The SMILES string of the molecule is Cc1ccc(C(O)(CC(O)F)C(F)F)cc1B1OC(C)(C)C(C)(C)O1. The second-order valence-corrected chi connectivity index (χ2v) is 7.52. The molecule has 0 aliphatic carbocycles. The molecule has 0 radical (unpaired) electrons. The number of aliphatic hydroxyl groups excluding tert-OH is 1. The van der Waals surface area contributed by atoms with E-state index >= 15 is 0 Å². The van der Waals surface area contributed by atoms with Gasteiger partial charge in [-0.15, -0.1) is 0 Å². The second-order valence-electron chi connectivity index (χ2n) is 7.52. The van der Waals surface area contributed by atoms with Gasteiger partial charge in [-0.05, 0) is 45.6 Å². The van der Waals surface area contributed by atoms with Crippen LogP contribution >= 0.6 is 0 Å². The first-order chi connectivity index (χ1) is 11.3. The number of hydrogen-bond acceptors (Lipinski definition) is 4. The predicted octanol–water partition coefficient (Wildman–Crippen LogP) is 2.42. The zero-order valence-electron chi connectivity index (χ0n) is 15.0. The average Bonchev–Trinajstić information content (AvgIpc) is 2.66. The molecule has 2 rings (SSSR count). The Labute approximate surface area is 146 Å². The van der Waals surface area contributed by atoms with E-state index in [2.05, 4.69) is 0 Å². The van der Waals surface area contributed by atoms with Crippen molar-refractivity contribution in [3.05, 3.63) is 29.3 Å². The standard InChI is InChI=1S/C17H24BF3O4/c1-10-6-7-11(17(23,14(20)21)9-13(19)22)8-12(10)18-24-15(2,3)16(4,5)25-18/h6-8,13-14,22-23H,9H2,1-5H3. The highest BCUT2D eigenvalue weighted by molar-refractivity contribution is 6.62. The quantitative estimate of drug-likeness (QED) is 0.792. The molecule has 1 aromatic rings. The Morgan fingerprint density at radius 2 is 1.64 bits per heavy atom. The van der Waals surface area contributed by atoms with Gasteiger partial charge in [0.1, 0.15) is 0 Å². The highest BCUT2D eigenvalue weighted by Gasteiger charge is 2.52. The summed E-state index contributed by atoms with van der Waals surface area (Å²) in [6, 6.07) is 4.15. The van der Waals surface area contributed by atoms with Gasteiger partial charge in [0, 0.05) is 6.42 Å². The minimum Gasteiger partial charge on any atom is -0.399 e. The summed E-state index contributed by atoms with van der Waals surface area (Å²) in [7, 11) is -0.804. The first-order valence-electron chi connectivity index (χ1n) is 8.09. The van der Waals surface area contributed by atoms with Crippen LogP contribution in [0.5, 0.6) is 0 Å². The highest BCUT2D eigenvalue weighted by atomic mass is 19.3. The number of hydrogen-bond donors (Lipinski definition) is 2. The molecular weight excluding hydrogens is 336 g/mol. The molecule has 0 bridgehead atoms. The predicted molar refractivity (Wildman–Crippen MR) is 88.5 cm³/mol. The fourth-order valence-corrected chi connectivity index (χ4v) is 2.72. The smallest absolute Gasteiger partial charge is 0.399 e. The molecule has 1 aliphatic heterocycles. The van der Waals surface area contributed by atoms with Gasteiger partial charge >= 0.3 is 7.12 Å². The van der Waals surface area contributed by atoms with Crippen LogP contribution < -0.4 is 5.46 Å². The lowest BCUT2D eigenvalue weighted by atomic mass is 9.73. The summed E-state index contributed by atoms with van der Waals surface area (Å²) in [5.41, 5.74) is -3.04. The molecule has 8 heteroatoms. The van der Waals surface area contributed by atoms with Crippen molar-refractivity contribution in [2.75, 3.05) is 0 Å². The molecule has 1 heterocycles. The van der Waals surface area contributed by atoms with Gasteiger partial charge in [0.25, 0.3) is 6.43 Å². The van der Waals surface area contributed by atoms with Gasteiger partial charge in [0.15, 0.2) is 12.0 Å². The van der Waals surface area contributed by atoms with E-state index in [1.807, 2.05) is 27.7 Å². The Balaban J connectivity index is 2.45. The molecule has 0 amide bonds. The molecule has 1 aliphatic rings. The number of rotatable bonds is 5. The van der Waals surface area contributed by atoms with Crippen molar-refractivity contribution in [2.24, 2.45) is 0 Å². The summed E-state index contributed by atoms with van der Waals surface area (Å²) in [6.45, 7) is 9.21. The van der Waals surface area contributed by atoms with Crippen LogP contribution in [0.1, 0.15) is 45.2 Å². The maximum Gasteiger partial charge on any atom is 0.495 e. The Bertz CT molecular complexity index is 620. The number of aryl methyl sites for hydroxylation is 1. The van der Waals surface area contributed by atoms with Crippen LogP contribution in [0.25, 0.3) is 0 Å². The van der Waals surface area contributed by atoms with Gasteiger partial charge in [-0.3, -0.25) is 0 Å². The van der Waals surface area contributed by atoms with E-state index in [9.17, 15) is 18.3 Å². The second kappa shape index (κ2) is 6.57. The number of halogens is 3. The van der Waals surface area contributed by atoms with E-state index in [4.69, 9.17) is 14.4 Å². The first kappa shape index (κ1) is 20.2. The molecule has 2 N–H and O–H groups in total. The van der Waals surface area contributed by atoms with Crippen LogP contribution in [0.2, 0.25) is 0 Å². The van der Waals surface area contributed by atoms with Crippen molar-refractivity contribution in [3.8, 4) is 0 Å². The van der Waals surface area contributed by atoms with Gasteiger partial charge in [0.2, 0.25) is 0 Å². The maximum atomic E-state index is 13.4. The molecule has 1 fully saturated rings. The van der Waals surface area contributed by atoms with Gasteiger partial charge in [0.05, 0.1) is 11.2 Å². The van der Waals surface area contributed by atoms with E-state index in [1.54, 1.807) is 6.92 Å². The Morgan fingerprint density at radius 1 is 1.12 bits per heavy atom. The van der Waals surface area contributed by atoms with E-state index < -0.39 is 43.1 Å². The van der Waals surface area contributed by atoms with Crippen molar-refractivity contribution in [2.45, 2.75) is 70.6 Å². The molecule has 0 spiro atoms. The molecule has 1 saturated heterocycles. The van der Waals surface area contributed by atoms with E-state index in [0.29, 0.717) is 5.46 Å². The monoisotopic (exact) mass is 360 g/mol. The minimum absolute atomic E-state index is 0.200. The Hall–Kier alpha value is -1.09. The third-order valence-corrected chi connectivity index (χ3v) is 5.13. The topological polar surface area (TPSA) is 58.9 Å². The fraction of sp³-hybridized carbons (Fsp3) is 0.647. The lowest BCUT2D eigenvalue weighted by molar-refractivity contribution is -0.142. The molecule has 1 aromatic carbocycles. The van der Waals surface area contributed by atoms with Gasteiger partial charge in [-0.25, -0.2) is 13.2 Å². The van der Waals surface area contributed by atoms with Crippen LogP contribution in [0.4, 0.5) is 13.2 Å². The van der Waals surface area contributed by atoms with Crippen LogP contribution in [0, 0.1) is 6.92 Å². The average molecular weight is 360 g/mol. The maximum absolute atomic E-state index is 13.4. The number of alkyl halides is 3. The van der Waals surface area contributed by atoms with Gasteiger partial charge in [-0.1, -0.05) is 23.8 Å². The molecule has 0 aromatic heterocycles. The molecule has 4 nitrogen and oxygen atoms in total. The van der Waals surface area contributed by atoms with E-state index in [0.717, 1.165) is 5.56 Å². The summed E-state index contributed by atoms with van der Waals surface area (Å²) in [5, 5.41) is 19.1. The summed E-state index contributed by atoms with van der Waals surface area (Å²) in [5.74, 6) is 0. The number of benzene rings is 1. The molecule has 2 unspecified atom stereocenters. The summed E-state index contributed by atoms with van der Waals surface area (Å²) < 4.78 is 51.6. The van der Waals surface area contributed by atoms with Crippen molar-refractivity contribution in [3.63, 3.8) is 0 Å². The summed E-state index contributed by atoms with van der Waals surface area (Å²) >= 11 is 0. The first-order valence-corrected chi connectivity index (χ1v) is 8.09. The summed E-state index contributed by atoms with van der Waals surface area (Å²) in [4.78, 5) is 0. The van der Waals surface area contributed by atoms with Gasteiger partial charge in [-0.2, -0.15) is 0 Å². The van der Waals surface area contributed by atoms with Crippen LogP contribution in [0.3, 0.4) is 0 Å². The van der Waals surface area contributed by atoms with Crippen molar-refractivity contribution in [1.29, 1.82) is 0 Å². The van der Waals surface area contributed by atoms with E-state index in [1.165, 1.54) is 18.2 Å². The molecule has 25 heavy (non-hydrogen) atoms.